The molecule has 3 N–H and O–H groups in total. The maximum absolute atomic E-state index is 8.58. The SMILES string of the molecule is OCC(O)C(O)CCl. The highest BCUT2D eigenvalue weighted by Gasteiger charge is 2.12. The summed E-state index contributed by atoms with van der Waals surface area (Å²) in [7, 11) is 0. The van der Waals surface area contributed by atoms with Crippen LogP contribution in [0, 0.1) is 0 Å². The van der Waals surface area contributed by atoms with Gasteiger partial charge < -0.3 is 15.3 Å². The van der Waals surface area contributed by atoms with E-state index in [0.717, 1.165) is 0 Å². The average Bonchev–Trinajstić information content (AvgIpc) is 1.84. The fourth-order valence-corrected chi connectivity index (χ4v) is 0.430. The summed E-state index contributed by atoms with van der Waals surface area (Å²) in [6.07, 6.45) is -2.12. The largest absolute Gasteiger partial charge is 0.394 e. The lowest BCUT2D eigenvalue weighted by Crippen LogP contribution is -2.30. The van der Waals surface area contributed by atoms with Crippen LogP contribution < -0.4 is 0 Å². The Bertz CT molecular complexity index is 51.2. The molecular formula is C4H9ClO3. The molecule has 0 radical (unpaired) electrons. The molecule has 3 nitrogen and oxygen atoms in total. The molecule has 0 rings (SSSR count). The van der Waals surface area contributed by atoms with Crippen LogP contribution in [-0.4, -0.2) is 40.0 Å². The van der Waals surface area contributed by atoms with E-state index in [1.807, 2.05) is 0 Å². The molecule has 0 aliphatic rings. The lowest BCUT2D eigenvalue weighted by molar-refractivity contribution is -0.00253. The topological polar surface area (TPSA) is 60.7 Å². The summed E-state index contributed by atoms with van der Waals surface area (Å²) < 4.78 is 0. The smallest absolute Gasteiger partial charge is 0.104 e. The highest BCUT2D eigenvalue weighted by Crippen LogP contribution is 1.93. The van der Waals surface area contributed by atoms with Crippen molar-refractivity contribution in [3.8, 4) is 0 Å². The van der Waals surface area contributed by atoms with Gasteiger partial charge in [0.1, 0.15) is 6.10 Å². The van der Waals surface area contributed by atoms with E-state index in [9.17, 15) is 0 Å². The van der Waals surface area contributed by atoms with Crippen molar-refractivity contribution in [2.24, 2.45) is 0 Å². The third kappa shape index (κ3) is 2.47. The Morgan fingerprint density at radius 2 is 1.75 bits per heavy atom. The van der Waals surface area contributed by atoms with Crippen molar-refractivity contribution in [1.29, 1.82) is 0 Å². The van der Waals surface area contributed by atoms with Gasteiger partial charge in [0, 0.05) is 0 Å². The van der Waals surface area contributed by atoms with Gasteiger partial charge >= 0.3 is 0 Å². The molecule has 0 aromatic carbocycles. The van der Waals surface area contributed by atoms with Gasteiger partial charge in [-0.05, 0) is 0 Å². The molecule has 2 unspecified atom stereocenters. The summed E-state index contributed by atoms with van der Waals surface area (Å²) in [5, 5.41) is 25.3. The minimum Gasteiger partial charge on any atom is -0.394 e. The molecule has 0 aromatic heterocycles. The fraction of sp³-hybridized carbons (Fsp3) is 1.00. The van der Waals surface area contributed by atoms with Crippen molar-refractivity contribution >= 4 is 11.6 Å². The van der Waals surface area contributed by atoms with Crippen molar-refractivity contribution in [2.45, 2.75) is 12.2 Å². The summed E-state index contributed by atoms with van der Waals surface area (Å²) >= 11 is 5.10. The number of aliphatic hydroxyl groups is 3. The Balaban J connectivity index is 3.29. The van der Waals surface area contributed by atoms with E-state index in [4.69, 9.17) is 26.9 Å². The second-order valence-electron chi connectivity index (χ2n) is 1.47. The molecule has 0 amide bonds. The molecule has 0 saturated heterocycles. The Kier molecular flexibility index (Phi) is 4.18. The second-order valence-corrected chi connectivity index (χ2v) is 1.78. The predicted molar refractivity (Wildman–Crippen MR) is 29.8 cm³/mol. The first-order valence-corrected chi connectivity index (χ1v) is 2.78. The van der Waals surface area contributed by atoms with E-state index in [2.05, 4.69) is 0 Å². The lowest BCUT2D eigenvalue weighted by Gasteiger charge is -2.10. The molecule has 0 spiro atoms. The van der Waals surface area contributed by atoms with Crippen LogP contribution in [0.3, 0.4) is 0 Å². The Labute approximate surface area is 52.5 Å². The summed E-state index contributed by atoms with van der Waals surface area (Å²) in [6.45, 7) is -0.451. The summed E-state index contributed by atoms with van der Waals surface area (Å²) in [5.74, 6) is -0.0538. The number of rotatable bonds is 3. The standard InChI is InChI=1S/C4H9ClO3/c5-1-3(7)4(8)2-6/h3-4,6-8H,1-2H2. The van der Waals surface area contributed by atoms with Crippen LogP contribution in [0.4, 0.5) is 0 Å². The predicted octanol–water partition coefficient (Wildman–Crippen LogP) is -1.06. The van der Waals surface area contributed by atoms with Gasteiger partial charge in [0.05, 0.1) is 18.6 Å². The van der Waals surface area contributed by atoms with Gasteiger partial charge in [0.15, 0.2) is 0 Å². The molecule has 4 heteroatoms. The Hall–Kier alpha value is 0.170. The number of hydrogen-bond acceptors (Lipinski definition) is 3. The van der Waals surface area contributed by atoms with E-state index < -0.39 is 18.8 Å². The first-order chi connectivity index (χ1) is 3.72. The summed E-state index contributed by atoms with van der Waals surface area (Å²) in [5.41, 5.74) is 0. The van der Waals surface area contributed by atoms with Gasteiger partial charge in [-0.2, -0.15) is 0 Å². The molecule has 0 saturated carbocycles. The van der Waals surface area contributed by atoms with Crippen LogP contribution >= 0.6 is 11.6 Å². The third-order valence-electron chi connectivity index (χ3n) is 0.789. The van der Waals surface area contributed by atoms with Crippen LogP contribution in [-0.2, 0) is 0 Å². The fourth-order valence-electron chi connectivity index (χ4n) is 0.225. The number of alkyl halides is 1. The molecule has 0 aliphatic carbocycles. The second kappa shape index (κ2) is 4.09. The normalized spacial score (nSPS) is 18.0. The Morgan fingerprint density at radius 3 is 1.88 bits per heavy atom. The monoisotopic (exact) mass is 140 g/mol. The first-order valence-electron chi connectivity index (χ1n) is 2.25. The summed E-state index contributed by atoms with van der Waals surface area (Å²) in [6, 6.07) is 0. The van der Waals surface area contributed by atoms with E-state index in [1.165, 1.54) is 0 Å². The van der Waals surface area contributed by atoms with Crippen molar-refractivity contribution in [2.75, 3.05) is 12.5 Å². The Morgan fingerprint density at radius 1 is 1.25 bits per heavy atom. The third-order valence-corrected chi connectivity index (χ3v) is 1.11. The maximum Gasteiger partial charge on any atom is 0.104 e. The minimum atomic E-state index is -1.10. The molecule has 0 aliphatic heterocycles. The van der Waals surface area contributed by atoms with Crippen LogP contribution in [0.5, 0.6) is 0 Å². The molecule has 0 fully saturated rings. The molecule has 0 bridgehead atoms. The zero-order chi connectivity index (χ0) is 6.57. The average molecular weight is 141 g/mol. The van der Waals surface area contributed by atoms with Crippen molar-refractivity contribution in [3.05, 3.63) is 0 Å². The van der Waals surface area contributed by atoms with Crippen LogP contribution in [0.25, 0.3) is 0 Å². The number of halogens is 1. The van der Waals surface area contributed by atoms with Gasteiger partial charge in [0.2, 0.25) is 0 Å². The zero-order valence-electron chi connectivity index (χ0n) is 4.29. The molecule has 2 atom stereocenters. The van der Waals surface area contributed by atoms with E-state index >= 15 is 0 Å². The van der Waals surface area contributed by atoms with Crippen LogP contribution in [0.15, 0.2) is 0 Å². The maximum atomic E-state index is 8.58. The van der Waals surface area contributed by atoms with Gasteiger partial charge in [0.25, 0.3) is 0 Å². The number of hydrogen-bond donors (Lipinski definition) is 3. The number of aliphatic hydroxyl groups excluding tert-OH is 3. The van der Waals surface area contributed by atoms with Gasteiger partial charge in [-0.15, -0.1) is 11.6 Å². The highest BCUT2D eigenvalue weighted by molar-refractivity contribution is 6.18. The highest BCUT2D eigenvalue weighted by atomic mass is 35.5. The molecular weight excluding hydrogens is 131 g/mol. The van der Waals surface area contributed by atoms with E-state index in [-0.39, 0.29) is 5.88 Å². The zero-order valence-corrected chi connectivity index (χ0v) is 5.04. The quantitative estimate of drug-likeness (QED) is 0.438. The van der Waals surface area contributed by atoms with Crippen molar-refractivity contribution in [3.63, 3.8) is 0 Å². The van der Waals surface area contributed by atoms with Gasteiger partial charge in [-0.1, -0.05) is 0 Å². The van der Waals surface area contributed by atoms with Gasteiger partial charge in [-0.3, -0.25) is 0 Å². The minimum absolute atomic E-state index is 0.0538. The van der Waals surface area contributed by atoms with Crippen LogP contribution in [0.2, 0.25) is 0 Å². The first kappa shape index (κ1) is 8.17. The van der Waals surface area contributed by atoms with E-state index in [1.54, 1.807) is 0 Å². The molecule has 50 valence electrons. The molecule has 8 heavy (non-hydrogen) atoms. The molecule has 0 aromatic rings. The van der Waals surface area contributed by atoms with E-state index in [0.29, 0.717) is 0 Å². The lowest BCUT2D eigenvalue weighted by atomic mass is 10.2. The van der Waals surface area contributed by atoms with Crippen molar-refractivity contribution in [1.82, 2.24) is 0 Å². The van der Waals surface area contributed by atoms with Crippen LogP contribution in [0.1, 0.15) is 0 Å². The van der Waals surface area contributed by atoms with Gasteiger partial charge in [-0.25, -0.2) is 0 Å². The van der Waals surface area contributed by atoms with Crippen molar-refractivity contribution < 1.29 is 15.3 Å². The molecule has 0 heterocycles. The summed E-state index contributed by atoms with van der Waals surface area (Å²) in [4.78, 5) is 0.